The summed E-state index contributed by atoms with van der Waals surface area (Å²) in [6.45, 7) is 6.75. The quantitative estimate of drug-likeness (QED) is 0.485. The van der Waals surface area contributed by atoms with E-state index in [4.69, 9.17) is 17.0 Å². The standard InChI is InChI=1S/C27H32ClFN4O/c1-17-5-3-4-6-21(17)22-15-31-16-23(22)27(34)33-11-9-19(10-12-33)26(13-18(2)30)32-20-7-8-25(29)24(28)14-20/h3-8,13-14,19,22-23,30-32H,9-12,15-16H2,1-2H3/b26-13-,30-18?/t22-,23+/m0/s1. The number of carbonyl (C=O) groups excluding carboxylic acids is 1. The SMILES string of the molecule is CC(=N)/C=C(\Nc1ccc(F)c(Cl)c1)C1CCN(C(=O)[C@@H]2CNC[C@H]2c2ccccc2C)CC1. The Hall–Kier alpha value is -2.70. The lowest BCUT2D eigenvalue weighted by Crippen LogP contribution is -2.44. The first-order chi connectivity index (χ1) is 16.3. The van der Waals surface area contributed by atoms with Crippen molar-refractivity contribution in [3.05, 3.63) is 76.2 Å². The van der Waals surface area contributed by atoms with E-state index in [9.17, 15) is 9.18 Å². The number of piperidine rings is 1. The van der Waals surface area contributed by atoms with Gasteiger partial charge in [0.2, 0.25) is 5.91 Å². The van der Waals surface area contributed by atoms with Gasteiger partial charge in [-0.2, -0.15) is 0 Å². The lowest BCUT2D eigenvalue weighted by atomic mass is 9.84. The van der Waals surface area contributed by atoms with Crippen LogP contribution in [0, 0.1) is 30.0 Å². The Kier molecular flexibility index (Phi) is 7.69. The van der Waals surface area contributed by atoms with Gasteiger partial charge in [-0.25, -0.2) is 4.39 Å². The monoisotopic (exact) mass is 482 g/mol. The summed E-state index contributed by atoms with van der Waals surface area (Å²) < 4.78 is 13.6. The van der Waals surface area contributed by atoms with Crippen molar-refractivity contribution in [3.63, 3.8) is 0 Å². The molecule has 2 aromatic rings. The molecule has 4 rings (SSSR count). The molecule has 180 valence electrons. The maximum Gasteiger partial charge on any atom is 0.227 e. The molecule has 2 atom stereocenters. The van der Waals surface area contributed by atoms with E-state index in [1.807, 2.05) is 23.1 Å². The van der Waals surface area contributed by atoms with Crippen LogP contribution in [0.25, 0.3) is 0 Å². The van der Waals surface area contributed by atoms with Gasteiger partial charge in [-0.05, 0) is 62.1 Å². The van der Waals surface area contributed by atoms with Gasteiger partial charge in [-0.15, -0.1) is 0 Å². The Balaban J connectivity index is 1.42. The van der Waals surface area contributed by atoms with Gasteiger partial charge in [0, 0.05) is 55.1 Å². The van der Waals surface area contributed by atoms with Gasteiger partial charge >= 0.3 is 0 Å². The van der Waals surface area contributed by atoms with E-state index in [1.54, 1.807) is 19.1 Å². The second-order valence-corrected chi connectivity index (χ2v) is 9.77. The maximum atomic E-state index is 13.6. The zero-order valence-corrected chi connectivity index (χ0v) is 20.5. The number of amides is 1. The first-order valence-corrected chi connectivity index (χ1v) is 12.2. The van der Waals surface area contributed by atoms with Crippen LogP contribution in [0.5, 0.6) is 0 Å². The molecule has 34 heavy (non-hydrogen) atoms. The summed E-state index contributed by atoms with van der Waals surface area (Å²) in [6.07, 6.45) is 3.43. The van der Waals surface area contributed by atoms with Crippen LogP contribution in [0.4, 0.5) is 10.1 Å². The Labute approximate surface area is 205 Å². The Morgan fingerprint density at radius 3 is 2.62 bits per heavy atom. The summed E-state index contributed by atoms with van der Waals surface area (Å²) in [5, 5.41) is 14.8. The summed E-state index contributed by atoms with van der Waals surface area (Å²) >= 11 is 5.94. The number of allylic oxidation sites excluding steroid dienone is 2. The van der Waals surface area contributed by atoms with Crippen LogP contribution in [0.3, 0.4) is 0 Å². The molecule has 2 aliphatic heterocycles. The first kappa shape index (κ1) is 24.4. The lowest BCUT2D eigenvalue weighted by Gasteiger charge is -2.36. The third-order valence-electron chi connectivity index (χ3n) is 6.95. The fraction of sp³-hybridized carbons (Fsp3) is 0.407. The average Bonchev–Trinajstić information content (AvgIpc) is 3.30. The van der Waals surface area contributed by atoms with Crippen molar-refractivity contribution in [1.29, 1.82) is 5.41 Å². The molecule has 2 aliphatic rings. The van der Waals surface area contributed by atoms with E-state index in [2.05, 4.69) is 29.7 Å². The van der Waals surface area contributed by atoms with E-state index in [0.29, 0.717) is 31.0 Å². The van der Waals surface area contributed by atoms with Crippen molar-refractivity contribution in [2.45, 2.75) is 32.6 Å². The second-order valence-electron chi connectivity index (χ2n) is 9.36. The number of carbonyl (C=O) groups is 1. The van der Waals surface area contributed by atoms with Crippen molar-refractivity contribution in [2.24, 2.45) is 11.8 Å². The number of likely N-dealkylation sites (tertiary alicyclic amines) is 1. The van der Waals surface area contributed by atoms with Crippen LogP contribution in [0.2, 0.25) is 5.02 Å². The summed E-state index contributed by atoms with van der Waals surface area (Å²) in [4.78, 5) is 15.5. The normalized spacial score (nSPS) is 21.5. The zero-order chi connectivity index (χ0) is 24.2. The number of rotatable bonds is 6. The molecule has 2 heterocycles. The van der Waals surface area contributed by atoms with Gasteiger partial charge in [0.05, 0.1) is 10.9 Å². The molecule has 0 radical (unpaired) electrons. The molecular weight excluding hydrogens is 451 g/mol. The summed E-state index contributed by atoms with van der Waals surface area (Å²) in [5.41, 5.74) is 4.52. The average molecular weight is 483 g/mol. The number of aryl methyl sites for hydroxylation is 1. The molecule has 1 amide bonds. The minimum absolute atomic E-state index is 0.0454. The Bertz CT molecular complexity index is 1090. The van der Waals surface area contributed by atoms with E-state index in [-0.39, 0.29) is 28.7 Å². The highest BCUT2D eigenvalue weighted by Gasteiger charge is 2.38. The highest BCUT2D eigenvalue weighted by atomic mass is 35.5. The molecule has 0 aromatic heterocycles. The van der Waals surface area contributed by atoms with E-state index < -0.39 is 5.82 Å². The summed E-state index contributed by atoms with van der Waals surface area (Å²) in [6, 6.07) is 12.9. The van der Waals surface area contributed by atoms with Crippen LogP contribution >= 0.6 is 11.6 Å². The first-order valence-electron chi connectivity index (χ1n) is 11.9. The molecule has 0 bridgehead atoms. The zero-order valence-electron chi connectivity index (χ0n) is 19.7. The number of nitrogens with zero attached hydrogens (tertiary/aromatic N) is 1. The molecule has 2 fully saturated rings. The van der Waals surface area contributed by atoms with Gasteiger partial charge in [0.15, 0.2) is 0 Å². The van der Waals surface area contributed by atoms with Crippen molar-refractivity contribution in [1.82, 2.24) is 10.2 Å². The van der Waals surface area contributed by atoms with Crippen LogP contribution < -0.4 is 10.6 Å². The molecule has 0 saturated carbocycles. The topological polar surface area (TPSA) is 68.2 Å². The Morgan fingerprint density at radius 2 is 1.94 bits per heavy atom. The Morgan fingerprint density at radius 1 is 1.21 bits per heavy atom. The van der Waals surface area contributed by atoms with Gasteiger partial charge in [-0.3, -0.25) is 4.79 Å². The fourth-order valence-electron chi connectivity index (χ4n) is 5.14. The molecule has 3 N–H and O–H groups in total. The molecular formula is C27H32ClFN4O. The number of nitrogens with one attached hydrogen (secondary N) is 3. The molecule has 0 unspecified atom stereocenters. The number of hydrogen-bond donors (Lipinski definition) is 3. The van der Waals surface area contributed by atoms with Crippen LogP contribution in [-0.4, -0.2) is 42.7 Å². The van der Waals surface area contributed by atoms with Gasteiger partial charge in [0.1, 0.15) is 5.82 Å². The smallest absolute Gasteiger partial charge is 0.227 e. The summed E-state index contributed by atoms with van der Waals surface area (Å²) in [5.74, 6) is 0.104. The van der Waals surface area contributed by atoms with E-state index >= 15 is 0 Å². The highest BCUT2D eigenvalue weighted by Crippen LogP contribution is 2.34. The predicted octanol–water partition coefficient (Wildman–Crippen LogP) is 5.36. The van der Waals surface area contributed by atoms with Crippen molar-refractivity contribution in [3.8, 4) is 0 Å². The largest absolute Gasteiger partial charge is 0.359 e. The second kappa shape index (κ2) is 10.7. The van der Waals surface area contributed by atoms with Crippen molar-refractivity contribution in [2.75, 3.05) is 31.5 Å². The lowest BCUT2D eigenvalue weighted by molar-refractivity contribution is -0.136. The molecule has 0 spiro atoms. The van der Waals surface area contributed by atoms with Crippen LogP contribution in [-0.2, 0) is 4.79 Å². The number of benzene rings is 2. The van der Waals surface area contributed by atoms with Crippen LogP contribution in [0.1, 0.15) is 36.8 Å². The number of anilines is 1. The molecule has 2 aromatic carbocycles. The predicted molar refractivity (Wildman–Crippen MR) is 136 cm³/mol. The van der Waals surface area contributed by atoms with Crippen molar-refractivity contribution < 1.29 is 9.18 Å². The van der Waals surface area contributed by atoms with E-state index in [1.165, 1.54) is 17.2 Å². The minimum Gasteiger partial charge on any atom is -0.359 e. The van der Waals surface area contributed by atoms with Crippen molar-refractivity contribution >= 4 is 28.9 Å². The fourth-order valence-corrected chi connectivity index (χ4v) is 5.32. The van der Waals surface area contributed by atoms with Gasteiger partial charge in [0.25, 0.3) is 0 Å². The number of halogens is 2. The number of hydrogen-bond acceptors (Lipinski definition) is 4. The third-order valence-corrected chi connectivity index (χ3v) is 7.24. The molecule has 5 nitrogen and oxygen atoms in total. The minimum atomic E-state index is -0.460. The van der Waals surface area contributed by atoms with Crippen LogP contribution in [0.15, 0.2) is 54.2 Å². The third kappa shape index (κ3) is 5.50. The molecule has 0 aliphatic carbocycles. The highest BCUT2D eigenvalue weighted by molar-refractivity contribution is 6.31. The van der Waals surface area contributed by atoms with Gasteiger partial charge in [-0.1, -0.05) is 35.9 Å². The molecule has 7 heteroatoms. The summed E-state index contributed by atoms with van der Waals surface area (Å²) in [7, 11) is 0. The van der Waals surface area contributed by atoms with Gasteiger partial charge < -0.3 is 20.9 Å². The maximum absolute atomic E-state index is 13.6. The van der Waals surface area contributed by atoms with E-state index in [0.717, 1.165) is 25.1 Å². The molecule has 2 saturated heterocycles.